The van der Waals surface area contributed by atoms with Crippen molar-refractivity contribution in [2.45, 2.75) is 24.9 Å². The molecule has 10 heteroatoms. The molecule has 1 aromatic carbocycles. The van der Waals surface area contributed by atoms with E-state index in [2.05, 4.69) is 9.97 Å². The second kappa shape index (κ2) is 7.76. The van der Waals surface area contributed by atoms with Crippen molar-refractivity contribution in [1.82, 2.24) is 18.6 Å². The van der Waals surface area contributed by atoms with E-state index in [1.807, 2.05) is 0 Å². The maximum Gasteiger partial charge on any atom is 0.416 e. The zero-order chi connectivity index (χ0) is 20.5. The minimum atomic E-state index is -4.42. The third-order valence-corrected chi connectivity index (χ3v) is 6.74. The van der Waals surface area contributed by atoms with Crippen LogP contribution in [0.2, 0.25) is 0 Å². The minimum absolute atomic E-state index is 0.00635. The first-order chi connectivity index (χ1) is 13.1. The van der Waals surface area contributed by atoms with Crippen LogP contribution in [0.15, 0.2) is 36.7 Å². The summed E-state index contributed by atoms with van der Waals surface area (Å²) >= 11 is 0. The zero-order valence-electron chi connectivity index (χ0n) is 15.5. The minimum Gasteiger partial charge on any atom is -0.261 e. The Labute approximate surface area is 162 Å². The van der Waals surface area contributed by atoms with Gasteiger partial charge in [-0.25, -0.2) is 4.98 Å². The standard InChI is InChI=1S/C18H21F3N4O2S/c1-24(2)28(26,27)25-8-6-13(7-9-25)16-11-22-12-17(23-16)14-4-3-5-15(10-14)18(19,20)21/h3-5,10-13H,6-9H2,1-2H3. The van der Waals surface area contributed by atoms with Crippen LogP contribution < -0.4 is 0 Å². The van der Waals surface area contributed by atoms with Crippen LogP contribution in [0.25, 0.3) is 11.3 Å². The molecule has 0 atom stereocenters. The summed E-state index contributed by atoms with van der Waals surface area (Å²) in [6, 6.07) is 4.98. The molecule has 0 spiro atoms. The largest absolute Gasteiger partial charge is 0.416 e. The van der Waals surface area contributed by atoms with Crippen LogP contribution in [0, 0.1) is 0 Å². The summed E-state index contributed by atoms with van der Waals surface area (Å²) in [7, 11) is -0.468. The molecule has 1 saturated heterocycles. The van der Waals surface area contributed by atoms with Gasteiger partial charge < -0.3 is 0 Å². The number of aromatic nitrogens is 2. The fourth-order valence-electron chi connectivity index (χ4n) is 3.18. The molecule has 1 fully saturated rings. The maximum atomic E-state index is 13.0. The molecule has 28 heavy (non-hydrogen) atoms. The highest BCUT2D eigenvalue weighted by Crippen LogP contribution is 2.33. The number of alkyl halides is 3. The zero-order valence-corrected chi connectivity index (χ0v) is 16.3. The lowest BCUT2D eigenvalue weighted by atomic mass is 9.94. The molecule has 2 heterocycles. The van der Waals surface area contributed by atoms with Gasteiger partial charge in [-0.05, 0) is 25.0 Å². The Balaban J connectivity index is 1.78. The van der Waals surface area contributed by atoms with Gasteiger partial charge >= 0.3 is 6.18 Å². The highest BCUT2D eigenvalue weighted by molar-refractivity contribution is 7.86. The van der Waals surface area contributed by atoms with E-state index < -0.39 is 21.9 Å². The summed E-state index contributed by atoms with van der Waals surface area (Å²) < 4.78 is 65.9. The Hall–Kier alpha value is -2.04. The lowest BCUT2D eigenvalue weighted by molar-refractivity contribution is -0.137. The molecule has 0 aliphatic carbocycles. The molecular weight excluding hydrogens is 393 g/mol. The predicted molar refractivity (Wildman–Crippen MR) is 98.6 cm³/mol. The van der Waals surface area contributed by atoms with Crippen LogP contribution in [0.5, 0.6) is 0 Å². The van der Waals surface area contributed by atoms with E-state index in [1.54, 1.807) is 12.3 Å². The number of hydrogen-bond donors (Lipinski definition) is 0. The lowest BCUT2D eigenvalue weighted by Crippen LogP contribution is -2.44. The van der Waals surface area contributed by atoms with Crippen molar-refractivity contribution >= 4 is 10.2 Å². The first-order valence-corrected chi connectivity index (χ1v) is 10.2. The third kappa shape index (κ3) is 4.34. The molecule has 6 nitrogen and oxygen atoms in total. The van der Waals surface area contributed by atoms with Crippen molar-refractivity contribution in [2.24, 2.45) is 0 Å². The summed E-state index contributed by atoms with van der Waals surface area (Å²) in [5, 5.41) is 0. The second-order valence-electron chi connectivity index (χ2n) is 6.87. The first-order valence-electron chi connectivity index (χ1n) is 8.76. The van der Waals surface area contributed by atoms with Crippen LogP contribution in [0.1, 0.15) is 30.0 Å². The van der Waals surface area contributed by atoms with Gasteiger partial charge in [0.25, 0.3) is 10.2 Å². The van der Waals surface area contributed by atoms with E-state index in [-0.39, 0.29) is 5.92 Å². The van der Waals surface area contributed by atoms with E-state index in [0.717, 1.165) is 12.1 Å². The highest BCUT2D eigenvalue weighted by Gasteiger charge is 2.32. The second-order valence-corrected chi connectivity index (χ2v) is 9.01. The first kappa shape index (κ1) is 20.7. The van der Waals surface area contributed by atoms with E-state index in [0.29, 0.717) is 42.9 Å². The number of halogens is 3. The Morgan fingerprint density at radius 1 is 1.14 bits per heavy atom. The van der Waals surface area contributed by atoms with Crippen molar-refractivity contribution in [2.75, 3.05) is 27.2 Å². The summed E-state index contributed by atoms with van der Waals surface area (Å²) in [6.07, 6.45) is -0.240. The normalized spacial score (nSPS) is 17.2. The fourth-order valence-corrected chi connectivity index (χ4v) is 4.32. The molecule has 0 N–H and O–H groups in total. The molecule has 1 aliphatic rings. The van der Waals surface area contributed by atoms with Crippen molar-refractivity contribution in [3.63, 3.8) is 0 Å². The quantitative estimate of drug-likeness (QED) is 0.771. The molecule has 3 rings (SSSR count). The van der Waals surface area contributed by atoms with Gasteiger partial charge in [0.15, 0.2) is 0 Å². The number of piperidine rings is 1. The topological polar surface area (TPSA) is 66.4 Å². The van der Waals surface area contributed by atoms with Gasteiger partial charge in [-0.2, -0.15) is 30.2 Å². The molecule has 1 aliphatic heterocycles. The van der Waals surface area contributed by atoms with Crippen LogP contribution in [0.4, 0.5) is 13.2 Å². The van der Waals surface area contributed by atoms with Gasteiger partial charge in [0.05, 0.1) is 23.1 Å². The van der Waals surface area contributed by atoms with Gasteiger partial charge in [-0.1, -0.05) is 12.1 Å². The van der Waals surface area contributed by atoms with Crippen LogP contribution in [0.3, 0.4) is 0 Å². The fraction of sp³-hybridized carbons (Fsp3) is 0.444. The number of hydrogen-bond acceptors (Lipinski definition) is 4. The maximum absolute atomic E-state index is 13.0. The van der Waals surface area contributed by atoms with Gasteiger partial charge in [0.1, 0.15) is 0 Å². The van der Waals surface area contributed by atoms with E-state index in [4.69, 9.17) is 0 Å². The van der Waals surface area contributed by atoms with Gasteiger partial charge in [0.2, 0.25) is 0 Å². The average Bonchev–Trinajstić information content (AvgIpc) is 2.67. The molecule has 0 bridgehead atoms. The smallest absolute Gasteiger partial charge is 0.261 e. The van der Waals surface area contributed by atoms with Crippen LogP contribution >= 0.6 is 0 Å². The molecule has 0 saturated carbocycles. The Kier molecular flexibility index (Phi) is 5.74. The highest BCUT2D eigenvalue weighted by atomic mass is 32.2. The molecule has 152 valence electrons. The van der Waals surface area contributed by atoms with E-state index >= 15 is 0 Å². The molecule has 1 aromatic heterocycles. The monoisotopic (exact) mass is 414 g/mol. The summed E-state index contributed by atoms with van der Waals surface area (Å²) in [5.74, 6) is 0.00635. The van der Waals surface area contributed by atoms with Crippen LogP contribution in [-0.4, -0.2) is 54.2 Å². The summed E-state index contributed by atoms with van der Waals surface area (Å²) in [5.41, 5.74) is 0.639. The Morgan fingerprint density at radius 3 is 2.43 bits per heavy atom. The van der Waals surface area contributed by atoms with Crippen molar-refractivity contribution in [3.05, 3.63) is 47.9 Å². The molecule has 0 unspecified atom stereocenters. The third-order valence-electron chi connectivity index (χ3n) is 4.80. The molecule has 0 amide bonds. The average molecular weight is 414 g/mol. The van der Waals surface area contributed by atoms with E-state index in [9.17, 15) is 21.6 Å². The van der Waals surface area contributed by atoms with Gasteiger partial charge in [-0.3, -0.25) is 4.98 Å². The summed E-state index contributed by atoms with van der Waals surface area (Å²) in [6.45, 7) is 0.724. The lowest BCUT2D eigenvalue weighted by Gasteiger charge is -2.32. The predicted octanol–water partition coefficient (Wildman–Crippen LogP) is 3.15. The number of nitrogens with zero attached hydrogens (tertiary/aromatic N) is 4. The Morgan fingerprint density at radius 2 is 1.82 bits per heavy atom. The van der Waals surface area contributed by atoms with Crippen molar-refractivity contribution < 1.29 is 21.6 Å². The summed E-state index contributed by atoms with van der Waals surface area (Å²) in [4.78, 5) is 8.64. The SMILES string of the molecule is CN(C)S(=O)(=O)N1CCC(c2cncc(-c3cccc(C(F)(F)F)c3)n2)CC1. The van der Waals surface area contributed by atoms with Crippen molar-refractivity contribution in [3.8, 4) is 11.3 Å². The molecule has 2 aromatic rings. The number of rotatable bonds is 4. The molecule has 0 radical (unpaired) electrons. The molecular formula is C18H21F3N4O2S. The number of benzene rings is 1. The van der Waals surface area contributed by atoms with Crippen LogP contribution in [-0.2, 0) is 16.4 Å². The van der Waals surface area contributed by atoms with Crippen molar-refractivity contribution in [1.29, 1.82) is 0 Å². The Bertz CT molecular complexity index is 940. The van der Waals surface area contributed by atoms with Gasteiger partial charge in [0, 0.05) is 44.9 Å². The van der Waals surface area contributed by atoms with Gasteiger partial charge in [-0.15, -0.1) is 0 Å². The van der Waals surface area contributed by atoms with E-state index in [1.165, 1.54) is 35.0 Å².